The van der Waals surface area contributed by atoms with Gasteiger partial charge < -0.3 is 10.3 Å². The van der Waals surface area contributed by atoms with Crippen LogP contribution < -0.4 is 5.32 Å². The van der Waals surface area contributed by atoms with Crippen LogP contribution in [0.2, 0.25) is 0 Å². The Labute approximate surface area is 115 Å². The summed E-state index contributed by atoms with van der Waals surface area (Å²) in [5.74, 6) is 0.536. The number of nitrogens with zero attached hydrogens (tertiary/aromatic N) is 1. The molecule has 0 bridgehead atoms. The van der Waals surface area contributed by atoms with Gasteiger partial charge in [0.2, 0.25) is 0 Å². The summed E-state index contributed by atoms with van der Waals surface area (Å²) in [6.45, 7) is 0.698. The predicted octanol–water partition coefficient (Wildman–Crippen LogP) is 3.81. The number of aromatic amines is 1. The van der Waals surface area contributed by atoms with Crippen LogP contribution in [0.4, 0.5) is 10.1 Å². The van der Waals surface area contributed by atoms with Crippen molar-refractivity contribution in [2.75, 3.05) is 11.9 Å². The zero-order chi connectivity index (χ0) is 13.5. The maximum absolute atomic E-state index is 13.8. The number of aromatic nitrogens is 2. The van der Waals surface area contributed by atoms with E-state index in [0.717, 1.165) is 28.1 Å². The first-order valence-electron chi connectivity index (χ1n) is 6.51. The molecule has 0 fully saturated rings. The Bertz CT molecular complexity index is 800. The average Bonchev–Trinajstić information content (AvgIpc) is 2.91. The second kappa shape index (κ2) is 4.20. The third-order valence-electron chi connectivity index (χ3n) is 3.52. The van der Waals surface area contributed by atoms with Gasteiger partial charge in [-0.1, -0.05) is 24.3 Å². The summed E-state index contributed by atoms with van der Waals surface area (Å²) in [7, 11) is 0. The van der Waals surface area contributed by atoms with Crippen LogP contribution in [-0.2, 0) is 0 Å². The molecular weight excluding hydrogens is 253 g/mol. The highest BCUT2D eigenvalue weighted by molar-refractivity contribution is 5.87. The quantitative estimate of drug-likeness (QED) is 0.702. The molecule has 20 heavy (non-hydrogen) atoms. The molecule has 3 nitrogen and oxygen atoms in total. The van der Waals surface area contributed by atoms with Crippen LogP contribution in [0.3, 0.4) is 0 Å². The first-order chi connectivity index (χ1) is 9.83. The zero-order valence-corrected chi connectivity index (χ0v) is 10.7. The lowest BCUT2D eigenvalue weighted by Gasteiger charge is -2.16. The van der Waals surface area contributed by atoms with Gasteiger partial charge in [0, 0.05) is 17.7 Å². The molecule has 1 aromatic heterocycles. The number of halogens is 1. The number of rotatable bonds is 1. The highest BCUT2D eigenvalue weighted by atomic mass is 19.1. The van der Waals surface area contributed by atoms with Crippen LogP contribution in [0.25, 0.3) is 28.5 Å². The Morgan fingerprint density at radius 3 is 2.90 bits per heavy atom. The van der Waals surface area contributed by atoms with Crippen molar-refractivity contribution in [1.29, 1.82) is 0 Å². The van der Waals surface area contributed by atoms with Crippen molar-refractivity contribution in [3.05, 3.63) is 53.9 Å². The van der Waals surface area contributed by atoms with Gasteiger partial charge in [-0.25, -0.2) is 9.37 Å². The number of hydrogen-bond acceptors (Lipinski definition) is 2. The molecule has 0 unspecified atom stereocenters. The van der Waals surface area contributed by atoms with Gasteiger partial charge in [-0.2, -0.15) is 0 Å². The topological polar surface area (TPSA) is 40.7 Å². The van der Waals surface area contributed by atoms with Crippen LogP contribution in [0.15, 0.2) is 42.5 Å². The van der Waals surface area contributed by atoms with E-state index in [0.29, 0.717) is 12.1 Å². The number of imidazole rings is 1. The molecule has 98 valence electrons. The monoisotopic (exact) mass is 265 g/mol. The third-order valence-corrected chi connectivity index (χ3v) is 3.52. The molecule has 1 aliphatic rings. The second-order valence-electron chi connectivity index (χ2n) is 4.77. The molecule has 2 N–H and O–H groups in total. The highest BCUT2D eigenvalue weighted by Crippen LogP contribution is 2.34. The molecule has 3 aromatic rings. The lowest BCUT2D eigenvalue weighted by atomic mass is 10.0. The summed E-state index contributed by atoms with van der Waals surface area (Å²) in [5, 5.41) is 3.23. The van der Waals surface area contributed by atoms with Gasteiger partial charge in [0.25, 0.3) is 0 Å². The maximum Gasteiger partial charge on any atom is 0.140 e. The summed E-state index contributed by atoms with van der Waals surface area (Å²) >= 11 is 0. The van der Waals surface area contributed by atoms with E-state index < -0.39 is 0 Å². The van der Waals surface area contributed by atoms with Crippen molar-refractivity contribution in [2.24, 2.45) is 0 Å². The molecular formula is C16H12FN3. The SMILES string of the molecule is Fc1ccc(-c2nc3ccccc3[nH]2)c2c1C=CCN2. The zero-order valence-electron chi connectivity index (χ0n) is 10.7. The lowest BCUT2D eigenvalue weighted by molar-refractivity contribution is 0.625. The number of benzene rings is 2. The lowest BCUT2D eigenvalue weighted by Crippen LogP contribution is -2.07. The molecule has 0 atom stereocenters. The van der Waals surface area contributed by atoms with E-state index in [2.05, 4.69) is 15.3 Å². The number of hydrogen-bond donors (Lipinski definition) is 2. The van der Waals surface area contributed by atoms with Gasteiger partial charge in [0.1, 0.15) is 11.6 Å². The van der Waals surface area contributed by atoms with Crippen molar-refractivity contribution < 1.29 is 4.39 Å². The molecule has 4 rings (SSSR count). The van der Waals surface area contributed by atoms with Crippen LogP contribution >= 0.6 is 0 Å². The Morgan fingerprint density at radius 1 is 1.10 bits per heavy atom. The van der Waals surface area contributed by atoms with Gasteiger partial charge >= 0.3 is 0 Å². The largest absolute Gasteiger partial charge is 0.380 e. The van der Waals surface area contributed by atoms with E-state index in [4.69, 9.17) is 0 Å². The normalized spacial score (nSPS) is 13.2. The third kappa shape index (κ3) is 1.61. The van der Waals surface area contributed by atoms with Crippen molar-refractivity contribution >= 4 is 22.8 Å². The van der Waals surface area contributed by atoms with Gasteiger partial charge in [0.15, 0.2) is 0 Å². The first kappa shape index (κ1) is 11.2. The van der Waals surface area contributed by atoms with E-state index in [-0.39, 0.29) is 5.82 Å². The summed E-state index contributed by atoms with van der Waals surface area (Å²) in [4.78, 5) is 7.86. The second-order valence-corrected chi connectivity index (χ2v) is 4.77. The fourth-order valence-corrected chi connectivity index (χ4v) is 2.56. The highest BCUT2D eigenvalue weighted by Gasteiger charge is 2.17. The number of anilines is 1. The molecule has 0 spiro atoms. The van der Waals surface area contributed by atoms with Crippen molar-refractivity contribution in [3.63, 3.8) is 0 Å². The smallest absolute Gasteiger partial charge is 0.140 e. The van der Waals surface area contributed by atoms with E-state index in [1.54, 1.807) is 6.07 Å². The molecule has 0 saturated carbocycles. The summed E-state index contributed by atoms with van der Waals surface area (Å²) in [6, 6.07) is 11.1. The van der Waals surface area contributed by atoms with Gasteiger partial charge in [-0.15, -0.1) is 0 Å². The Morgan fingerprint density at radius 2 is 2.00 bits per heavy atom. The Hall–Kier alpha value is -2.62. The minimum atomic E-state index is -0.219. The maximum atomic E-state index is 13.8. The van der Waals surface area contributed by atoms with Crippen LogP contribution in [0.5, 0.6) is 0 Å². The minimum Gasteiger partial charge on any atom is -0.380 e. The van der Waals surface area contributed by atoms with Crippen molar-refractivity contribution in [1.82, 2.24) is 9.97 Å². The molecule has 0 aliphatic carbocycles. The summed E-state index contributed by atoms with van der Waals surface area (Å²) < 4.78 is 13.8. The van der Waals surface area contributed by atoms with Crippen molar-refractivity contribution in [3.8, 4) is 11.4 Å². The molecule has 0 radical (unpaired) electrons. The van der Waals surface area contributed by atoms with Crippen LogP contribution in [-0.4, -0.2) is 16.5 Å². The van der Waals surface area contributed by atoms with Crippen molar-refractivity contribution in [2.45, 2.75) is 0 Å². The Balaban J connectivity index is 1.96. The molecule has 0 saturated heterocycles. The van der Waals surface area contributed by atoms with E-state index in [1.807, 2.05) is 36.4 Å². The minimum absolute atomic E-state index is 0.219. The number of para-hydroxylation sites is 2. The number of H-pyrrole nitrogens is 1. The van der Waals surface area contributed by atoms with Crippen LogP contribution in [0.1, 0.15) is 5.56 Å². The molecule has 0 amide bonds. The average molecular weight is 265 g/mol. The standard InChI is InChI=1S/C16H12FN3/c17-12-8-7-11(15-10(12)4-3-9-18-15)16-19-13-5-1-2-6-14(13)20-16/h1-8,18H,9H2,(H,19,20). The molecule has 4 heteroatoms. The fraction of sp³-hybridized carbons (Fsp3) is 0.0625. The van der Waals surface area contributed by atoms with E-state index in [1.165, 1.54) is 6.07 Å². The van der Waals surface area contributed by atoms with E-state index >= 15 is 0 Å². The fourth-order valence-electron chi connectivity index (χ4n) is 2.56. The van der Waals surface area contributed by atoms with Gasteiger partial charge in [-0.05, 0) is 24.3 Å². The number of nitrogens with one attached hydrogen (secondary N) is 2. The summed E-state index contributed by atoms with van der Waals surface area (Å²) in [5.41, 5.74) is 4.17. The van der Waals surface area contributed by atoms with Gasteiger partial charge in [-0.3, -0.25) is 0 Å². The number of fused-ring (bicyclic) bond motifs is 2. The Kier molecular flexibility index (Phi) is 2.36. The first-order valence-corrected chi connectivity index (χ1v) is 6.51. The van der Waals surface area contributed by atoms with E-state index in [9.17, 15) is 4.39 Å². The molecule has 1 aliphatic heterocycles. The predicted molar refractivity (Wildman–Crippen MR) is 79.0 cm³/mol. The molecule has 2 heterocycles. The van der Waals surface area contributed by atoms with Gasteiger partial charge in [0.05, 0.1) is 16.7 Å². The molecule has 2 aromatic carbocycles. The summed E-state index contributed by atoms with van der Waals surface area (Å²) in [6.07, 6.45) is 3.72. The van der Waals surface area contributed by atoms with Crippen LogP contribution in [0, 0.1) is 5.82 Å².